The van der Waals surface area contributed by atoms with E-state index in [0.29, 0.717) is 55.2 Å². The van der Waals surface area contributed by atoms with Gasteiger partial charge in [0.15, 0.2) is 5.65 Å². The average molecular weight is 459 g/mol. The molecule has 2 atom stereocenters. The molecule has 2 unspecified atom stereocenters. The molecule has 3 aromatic rings. The summed E-state index contributed by atoms with van der Waals surface area (Å²) in [6.07, 6.45) is 4.81. The highest BCUT2D eigenvalue weighted by Crippen LogP contribution is 2.37. The zero-order valence-electron chi connectivity index (χ0n) is 18.7. The van der Waals surface area contributed by atoms with Gasteiger partial charge in [0.2, 0.25) is 0 Å². The molecule has 2 aliphatic heterocycles. The third-order valence-electron chi connectivity index (χ3n) is 5.91. The van der Waals surface area contributed by atoms with Gasteiger partial charge in [0, 0.05) is 31.4 Å². The Balaban J connectivity index is 0.00000126. The molecular formula is C23H28F2N6O2. The molecule has 10 heteroatoms. The van der Waals surface area contributed by atoms with E-state index in [1.165, 1.54) is 12.3 Å². The largest absolute Gasteiger partial charge is 0.391 e. The average Bonchev–Trinajstić information content (AvgIpc) is 3.57. The van der Waals surface area contributed by atoms with E-state index in [1.807, 2.05) is 18.7 Å². The predicted molar refractivity (Wildman–Crippen MR) is 121 cm³/mol. The summed E-state index contributed by atoms with van der Waals surface area (Å²) in [5, 5.41) is 16.7. The number of aromatic nitrogens is 3. The molecular weight excluding hydrogens is 430 g/mol. The van der Waals surface area contributed by atoms with E-state index in [9.17, 15) is 18.7 Å². The Morgan fingerprint density at radius 3 is 2.76 bits per heavy atom. The van der Waals surface area contributed by atoms with Crippen molar-refractivity contribution in [3.63, 3.8) is 0 Å². The first-order valence-electron chi connectivity index (χ1n) is 11.3. The number of nitrogens with zero attached hydrogens (tertiary/aromatic N) is 5. The fourth-order valence-corrected chi connectivity index (χ4v) is 4.36. The highest BCUT2D eigenvalue weighted by molar-refractivity contribution is 5.93. The van der Waals surface area contributed by atoms with Crippen LogP contribution >= 0.6 is 0 Å². The summed E-state index contributed by atoms with van der Waals surface area (Å²) in [6.45, 7) is 5.43. The second-order valence-corrected chi connectivity index (χ2v) is 7.95. The van der Waals surface area contributed by atoms with Crippen LogP contribution in [0, 0.1) is 11.6 Å². The van der Waals surface area contributed by atoms with Gasteiger partial charge in [-0.1, -0.05) is 13.8 Å². The second-order valence-electron chi connectivity index (χ2n) is 7.95. The Hall–Kier alpha value is -3.27. The normalized spacial score (nSPS) is 20.2. The van der Waals surface area contributed by atoms with Crippen molar-refractivity contribution in [3.8, 4) is 0 Å². The first-order valence-corrected chi connectivity index (χ1v) is 11.3. The van der Waals surface area contributed by atoms with Crippen LogP contribution in [0.4, 0.5) is 25.1 Å². The molecule has 0 radical (unpaired) electrons. The predicted octanol–water partition coefficient (Wildman–Crippen LogP) is 3.97. The van der Waals surface area contributed by atoms with E-state index in [2.05, 4.69) is 15.4 Å². The third-order valence-corrected chi connectivity index (χ3v) is 5.91. The number of likely N-dealkylation sites (tertiary alicyclic amines) is 1. The number of carbonyl (C=O) groups excluding carboxylic acids is 1. The number of hydrogen-bond donors (Lipinski definition) is 2. The second kappa shape index (κ2) is 9.70. The number of nitrogens with one attached hydrogen (secondary N) is 1. The molecule has 2 aliphatic rings. The van der Waals surface area contributed by atoms with Crippen LogP contribution in [-0.2, 0) is 0 Å². The van der Waals surface area contributed by atoms with E-state index in [0.717, 1.165) is 18.6 Å². The highest BCUT2D eigenvalue weighted by Gasteiger charge is 2.30. The minimum atomic E-state index is -0.505. The number of carbonyl (C=O) groups is 1. The summed E-state index contributed by atoms with van der Waals surface area (Å²) in [7, 11) is 0. The van der Waals surface area contributed by atoms with Crippen LogP contribution in [-0.4, -0.2) is 56.4 Å². The SMILES string of the molecule is CC.O=C(Nc1cnn2ccc(N3CCCC3c3cc(F)ccc3F)nc12)N1CCC(O)C1. The third kappa shape index (κ3) is 4.61. The van der Waals surface area contributed by atoms with Gasteiger partial charge in [0.25, 0.3) is 0 Å². The fraction of sp³-hybridized carbons (Fsp3) is 0.435. The standard InChI is InChI=1S/C21H22F2N6O2.C2H6/c22-13-3-4-16(23)15(10-13)18-2-1-7-28(18)19-6-9-29-20(26-19)17(11-24-29)25-21(31)27-8-5-14(30)12-27;1-2/h3-4,6,9-11,14,18,30H,1-2,5,7-8,12H2,(H,25,31);1-2H3. The summed E-state index contributed by atoms with van der Waals surface area (Å²) in [5.41, 5.74) is 1.21. The molecule has 2 N–H and O–H groups in total. The van der Waals surface area contributed by atoms with Gasteiger partial charge >= 0.3 is 6.03 Å². The number of benzene rings is 1. The van der Waals surface area contributed by atoms with Gasteiger partial charge in [-0.25, -0.2) is 23.1 Å². The topological polar surface area (TPSA) is 86.0 Å². The van der Waals surface area contributed by atoms with Gasteiger partial charge in [-0.15, -0.1) is 0 Å². The maximum atomic E-state index is 14.4. The number of hydrogen-bond acceptors (Lipinski definition) is 5. The smallest absolute Gasteiger partial charge is 0.322 e. The van der Waals surface area contributed by atoms with Crippen molar-refractivity contribution in [2.75, 3.05) is 29.9 Å². The van der Waals surface area contributed by atoms with E-state index in [1.54, 1.807) is 21.7 Å². The Morgan fingerprint density at radius 1 is 1.18 bits per heavy atom. The Morgan fingerprint density at radius 2 is 2.00 bits per heavy atom. The molecule has 1 aromatic carbocycles. The number of rotatable bonds is 3. The number of amides is 2. The summed E-state index contributed by atoms with van der Waals surface area (Å²) >= 11 is 0. The van der Waals surface area contributed by atoms with Crippen molar-refractivity contribution < 1.29 is 18.7 Å². The Kier molecular flexibility index (Phi) is 6.73. The number of aliphatic hydroxyl groups excluding tert-OH is 1. The molecule has 33 heavy (non-hydrogen) atoms. The molecule has 2 fully saturated rings. The lowest BCUT2D eigenvalue weighted by molar-refractivity contribution is 0.176. The van der Waals surface area contributed by atoms with Crippen LogP contribution in [0.15, 0.2) is 36.7 Å². The van der Waals surface area contributed by atoms with Crippen molar-refractivity contribution in [2.45, 2.75) is 45.3 Å². The minimum absolute atomic E-state index is 0.290. The van der Waals surface area contributed by atoms with Gasteiger partial charge in [-0.2, -0.15) is 5.10 Å². The van der Waals surface area contributed by atoms with Crippen LogP contribution in [0.25, 0.3) is 5.65 Å². The van der Waals surface area contributed by atoms with Crippen LogP contribution in [0.1, 0.15) is 44.7 Å². The number of aliphatic hydroxyl groups is 1. The van der Waals surface area contributed by atoms with Gasteiger partial charge in [0.1, 0.15) is 23.1 Å². The zero-order valence-corrected chi connectivity index (χ0v) is 18.7. The molecule has 5 rings (SSSR count). The van der Waals surface area contributed by atoms with Gasteiger partial charge < -0.3 is 20.2 Å². The quantitative estimate of drug-likeness (QED) is 0.620. The summed E-state index contributed by atoms with van der Waals surface area (Å²) in [4.78, 5) is 20.7. The van der Waals surface area contributed by atoms with Gasteiger partial charge in [-0.3, -0.25) is 0 Å². The van der Waals surface area contributed by atoms with Gasteiger partial charge in [-0.05, 0) is 43.5 Å². The first kappa shape index (κ1) is 22.9. The molecule has 0 bridgehead atoms. The molecule has 0 spiro atoms. The molecule has 4 heterocycles. The molecule has 2 aromatic heterocycles. The van der Waals surface area contributed by atoms with E-state index >= 15 is 0 Å². The molecule has 0 saturated carbocycles. The van der Waals surface area contributed by atoms with E-state index in [-0.39, 0.29) is 12.1 Å². The molecule has 176 valence electrons. The van der Waals surface area contributed by atoms with Crippen molar-refractivity contribution in [1.29, 1.82) is 0 Å². The van der Waals surface area contributed by atoms with Crippen molar-refractivity contribution in [2.24, 2.45) is 0 Å². The lowest BCUT2D eigenvalue weighted by atomic mass is 10.0. The molecule has 2 saturated heterocycles. The summed E-state index contributed by atoms with van der Waals surface area (Å²) in [5.74, 6) is -0.310. The Bertz CT molecular complexity index is 1140. The summed E-state index contributed by atoms with van der Waals surface area (Å²) in [6, 6.07) is 4.64. The minimum Gasteiger partial charge on any atom is -0.391 e. The highest BCUT2D eigenvalue weighted by atomic mass is 19.1. The van der Waals surface area contributed by atoms with Crippen LogP contribution in [0.3, 0.4) is 0 Å². The zero-order chi connectivity index (χ0) is 23.5. The number of halogens is 2. The van der Waals surface area contributed by atoms with Crippen LogP contribution < -0.4 is 10.2 Å². The summed E-state index contributed by atoms with van der Waals surface area (Å²) < 4.78 is 29.7. The maximum absolute atomic E-state index is 14.4. The first-order chi connectivity index (χ1) is 16.0. The van der Waals surface area contributed by atoms with Crippen LogP contribution in [0.2, 0.25) is 0 Å². The molecule has 2 amide bonds. The lowest BCUT2D eigenvalue weighted by Gasteiger charge is -2.26. The molecule has 8 nitrogen and oxygen atoms in total. The number of fused-ring (bicyclic) bond motifs is 1. The number of anilines is 2. The van der Waals surface area contributed by atoms with E-state index < -0.39 is 17.7 Å². The van der Waals surface area contributed by atoms with Crippen molar-refractivity contribution in [3.05, 3.63) is 53.9 Å². The number of β-amino-alcohol motifs (C(OH)–C–C–N with tert-alkyl or cyclic N) is 1. The fourth-order valence-electron chi connectivity index (χ4n) is 4.36. The number of urea groups is 1. The molecule has 0 aliphatic carbocycles. The van der Waals surface area contributed by atoms with Crippen LogP contribution in [0.5, 0.6) is 0 Å². The van der Waals surface area contributed by atoms with E-state index in [4.69, 9.17) is 0 Å². The van der Waals surface area contributed by atoms with Crippen molar-refractivity contribution >= 4 is 23.2 Å². The van der Waals surface area contributed by atoms with Crippen molar-refractivity contribution in [1.82, 2.24) is 19.5 Å². The maximum Gasteiger partial charge on any atom is 0.322 e. The lowest BCUT2D eigenvalue weighted by Crippen LogP contribution is -2.33. The monoisotopic (exact) mass is 458 g/mol. The van der Waals surface area contributed by atoms with Gasteiger partial charge in [0.05, 0.1) is 18.3 Å². The Labute approximate surface area is 190 Å².